The Bertz CT molecular complexity index is 563. The van der Waals surface area contributed by atoms with E-state index in [1.165, 1.54) is 24.3 Å². The van der Waals surface area contributed by atoms with Crippen LogP contribution in [0.1, 0.15) is 32.3 Å². The highest BCUT2D eigenvalue weighted by Gasteiger charge is 2.25. The van der Waals surface area contributed by atoms with Crippen molar-refractivity contribution >= 4 is 17.7 Å². The van der Waals surface area contributed by atoms with Crippen LogP contribution >= 0.6 is 0 Å². The number of hydrogen-bond acceptors (Lipinski definition) is 4. The first-order valence-corrected chi connectivity index (χ1v) is 6.63. The van der Waals surface area contributed by atoms with Crippen LogP contribution in [0.15, 0.2) is 24.3 Å². The Balaban J connectivity index is 3.00. The molecule has 1 aromatic carbocycles. The molecule has 1 rings (SSSR count). The van der Waals surface area contributed by atoms with E-state index in [1.54, 1.807) is 0 Å². The van der Waals surface area contributed by atoms with Gasteiger partial charge in [0.2, 0.25) is 5.91 Å². The van der Waals surface area contributed by atoms with Crippen molar-refractivity contribution in [3.05, 3.63) is 39.9 Å². The molecule has 0 aliphatic heterocycles. The minimum absolute atomic E-state index is 0.0927. The third-order valence-corrected chi connectivity index (χ3v) is 2.78. The molecule has 0 aliphatic carbocycles. The molecule has 0 spiro atoms. The fourth-order valence-electron chi connectivity index (χ4n) is 1.84. The Kier molecular flexibility index (Phi) is 5.44. The molecule has 0 aromatic heterocycles. The van der Waals surface area contributed by atoms with Gasteiger partial charge in [0.1, 0.15) is 0 Å². The van der Waals surface area contributed by atoms with Gasteiger partial charge in [-0.3, -0.25) is 14.9 Å². The van der Waals surface area contributed by atoms with Crippen molar-refractivity contribution in [1.29, 1.82) is 0 Å². The lowest BCUT2D eigenvalue weighted by Crippen LogP contribution is -2.45. The average molecular weight is 309 g/mol. The standard InChI is InChI=1S/C14H19N3O5/c1-14(2,3)16-12(18)11(8-15-13(19)20)9-4-6-10(7-5-9)17(21)22/h4-7,11,15H,8H2,1-3H3,(H,16,18)(H,19,20)/t11-/m0/s1. The van der Waals surface area contributed by atoms with Crippen LogP contribution in [0.25, 0.3) is 0 Å². The lowest BCUT2D eigenvalue weighted by molar-refractivity contribution is -0.384. The Morgan fingerprint density at radius 1 is 1.27 bits per heavy atom. The molecular formula is C14H19N3O5. The fourth-order valence-corrected chi connectivity index (χ4v) is 1.84. The second kappa shape index (κ2) is 6.88. The van der Waals surface area contributed by atoms with E-state index in [0.29, 0.717) is 5.56 Å². The SMILES string of the molecule is CC(C)(C)NC(=O)[C@@H](CNC(=O)O)c1ccc([N+](=O)[O-])cc1. The molecular weight excluding hydrogens is 290 g/mol. The maximum atomic E-state index is 12.3. The van der Waals surface area contributed by atoms with Crippen LogP contribution < -0.4 is 10.6 Å². The number of benzene rings is 1. The number of nitro groups is 1. The van der Waals surface area contributed by atoms with Crippen LogP contribution in [0, 0.1) is 10.1 Å². The van der Waals surface area contributed by atoms with Crippen LogP contribution in [-0.4, -0.2) is 34.1 Å². The summed E-state index contributed by atoms with van der Waals surface area (Å²) in [5.41, 5.74) is -0.0645. The van der Waals surface area contributed by atoms with E-state index in [0.717, 1.165) is 0 Å². The van der Waals surface area contributed by atoms with Crippen LogP contribution in [0.5, 0.6) is 0 Å². The zero-order chi connectivity index (χ0) is 16.9. The van der Waals surface area contributed by atoms with Crippen molar-refractivity contribution in [3.8, 4) is 0 Å². The predicted molar refractivity (Wildman–Crippen MR) is 79.8 cm³/mol. The lowest BCUT2D eigenvalue weighted by Gasteiger charge is -2.25. The van der Waals surface area contributed by atoms with E-state index in [2.05, 4.69) is 10.6 Å². The van der Waals surface area contributed by atoms with Gasteiger partial charge >= 0.3 is 6.09 Å². The molecule has 0 saturated heterocycles. The summed E-state index contributed by atoms with van der Waals surface area (Å²) in [6.07, 6.45) is -1.24. The number of nitro benzene ring substituents is 1. The number of carboxylic acid groups (broad SMARTS) is 1. The molecule has 1 atom stereocenters. The fraction of sp³-hybridized carbons (Fsp3) is 0.429. The van der Waals surface area contributed by atoms with Gasteiger partial charge in [-0.05, 0) is 26.3 Å². The number of nitrogens with one attached hydrogen (secondary N) is 2. The summed E-state index contributed by atoms with van der Waals surface area (Å²) in [5, 5.41) is 24.3. The molecule has 0 bridgehead atoms. The Morgan fingerprint density at radius 3 is 2.23 bits per heavy atom. The maximum absolute atomic E-state index is 12.3. The first-order valence-electron chi connectivity index (χ1n) is 6.63. The van der Waals surface area contributed by atoms with Crippen molar-refractivity contribution in [1.82, 2.24) is 10.6 Å². The number of non-ortho nitro benzene ring substituents is 1. The zero-order valence-corrected chi connectivity index (χ0v) is 12.6. The second-order valence-electron chi connectivity index (χ2n) is 5.83. The van der Waals surface area contributed by atoms with Gasteiger partial charge in [-0.25, -0.2) is 4.79 Å². The molecule has 2 amide bonds. The third kappa shape index (κ3) is 5.39. The number of hydrogen-bond donors (Lipinski definition) is 3. The van der Waals surface area contributed by atoms with Gasteiger partial charge in [0.25, 0.3) is 5.69 Å². The van der Waals surface area contributed by atoms with Gasteiger partial charge in [-0.2, -0.15) is 0 Å². The van der Waals surface area contributed by atoms with Crippen molar-refractivity contribution in [2.45, 2.75) is 32.2 Å². The lowest BCUT2D eigenvalue weighted by atomic mass is 9.96. The number of carbonyl (C=O) groups excluding carboxylic acids is 1. The molecule has 0 saturated carbocycles. The molecule has 0 fully saturated rings. The largest absolute Gasteiger partial charge is 0.465 e. The summed E-state index contributed by atoms with van der Waals surface area (Å²) in [5.74, 6) is -1.12. The highest BCUT2D eigenvalue weighted by atomic mass is 16.6. The topological polar surface area (TPSA) is 122 Å². The van der Waals surface area contributed by atoms with Crippen LogP contribution in [0.2, 0.25) is 0 Å². The van der Waals surface area contributed by atoms with Gasteiger partial charge in [0, 0.05) is 24.2 Å². The van der Waals surface area contributed by atoms with Crippen molar-refractivity contribution < 1.29 is 19.6 Å². The molecule has 120 valence electrons. The van der Waals surface area contributed by atoms with Crippen LogP contribution in [0.4, 0.5) is 10.5 Å². The normalized spacial score (nSPS) is 12.3. The van der Waals surface area contributed by atoms with Crippen LogP contribution in [-0.2, 0) is 4.79 Å². The number of carbonyl (C=O) groups is 2. The highest BCUT2D eigenvalue weighted by molar-refractivity contribution is 5.85. The Hall–Kier alpha value is -2.64. The predicted octanol–water partition coefficient (Wildman–Crippen LogP) is 1.86. The Morgan fingerprint density at radius 2 is 1.82 bits per heavy atom. The summed E-state index contributed by atoms with van der Waals surface area (Å²) in [6, 6.07) is 5.48. The van der Waals surface area contributed by atoms with E-state index in [-0.39, 0.29) is 18.1 Å². The van der Waals surface area contributed by atoms with Gasteiger partial charge in [0.15, 0.2) is 0 Å². The van der Waals surface area contributed by atoms with Gasteiger partial charge in [-0.1, -0.05) is 12.1 Å². The molecule has 0 heterocycles. The van der Waals surface area contributed by atoms with Gasteiger partial charge < -0.3 is 15.7 Å². The minimum atomic E-state index is -1.24. The smallest absolute Gasteiger partial charge is 0.404 e. The van der Waals surface area contributed by atoms with Crippen LogP contribution in [0.3, 0.4) is 0 Å². The van der Waals surface area contributed by atoms with E-state index < -0.39 is 22.5 Å². The molecule has 8 nitrogen and oxygen atoms in total. The average Bonchev–Trinajstić information content (AvgIpc) is 2.37. The summed E-state index contributed by atoms with van der Waals surface area (Å²) >= 11 is 0. The highest BCUT2D eigenvalue weighted by Crippen LogP contribution is 2.20. The molecule has 0 unspecified atom stereocenters. The Labute approximate surface area is 127 Å². The summed E-state index contributed by atoms with van der Waals surface area (Å²) in [4.78, 5) is 33.1. The zero-order valence-electron chi connectivity index (χ0n) is 12.6. The molecule has 0 radical (unpaired) electrons. The van der Waals surface area contributed by atoms with Gasteiger partial charge in [-0.15, -0.1) is 0 Å². The summed E-state index contributed by atoms with van der Waals surface area (Å²) in [7, 11) is 0. The first-order chi connectivity index (χ1) is 10.1. The minimum Gasteiger partial charge on any atom is -0.465 e. The number of rotatable bonds is 5. The number of amides is 2. The molecule has 22 heavy (non-hydrogen) atoms. The van der Waals surface area contributed by atoms with Crippen molar-refractivity contribution in [3.63, 3.8) is 0 Å². The third-order valence-electron chi connectivity index (χ3n) is 2.78. The molecule has 3 N–H and O–H groups in total. The quantitative estimate of drug-likeness (QED) is 0.566. The summed E-state index contributed by atoms with van der Waals surface area (Å²) < 4.78 is 0. The molecule has 8 heteroatoms. The second-order valence-corrected chi connectivity index (χ2v) is 5.83. The van der Waals surface area contributed by atoms with Crippen molar-refractivity contribution in [2.75, 3.05) is 6.54 Å². The first kappa shape index (κ1) is 17.4. The molecule has 0 aliphatic rings. The molecule has 1 aromatic rings. The van der Waals surface area contributed by atoms with E-state index in [9.17, 15) is 19.7 Å². The van der Waals surface area contributed by atoms with Gasteiger partial charge in [0.05, 0.1) is 10.8 Å². The monoisotopic (exact) mass is 309 g/mol. The summed E-state index contributed by atoms with van der Waals surface area (Å²) in [6.45, 7) is 5.31. The van der Waals surface area contributed by atoms with E-state index in [4.69, 9.17) is 5.11 Å². The van der Waals surface area contributed by atoms with E-state index in [1.807, 2.05) is 20.8 Å². The number of nitrogens with zero attached hydrogens (tertiary/aromatic N) is 1. The maximum Gasteiger partial charge on any atom is 0.404 e. The van der Waals surface area contributed by atoms with Crippen molar-refractivity contribution in [2.24, 2.45) is 0 Å². The van der Waals surface area contributed by atoms with E-state index >= 15 is 0 Å².